The molecule has 0 radical (unpaired) electrons. The van der Waals surface area contributed by atoms with Crippen LogP contribution in [0.2, 0.25) is 0 Å². The van der Waals surface area contributed by atoms with Gasteiger partial charge in [-0.15, -0.1) is 11.8 Å². The Labute approximate surface area is 136 Å². The minimum Gasteiger partial charge on any atom is -0.497 e. The van der Waals surface area contributed by atoms with E-state index in [2.05, 4.69) is 36.5 Å². The van der Waals surface area contributed by atoms with Crippen LogP contribution >= 0.6 is 11.8 Å². The molecule has 1 amide bonds. The van der Waals surface area contributed by atoms with Gasteiger partial charge >= 0.3 is 0 Å². The van der Waals surface area contributed by atoms with Crippen LogP contribution in [0.1, 0.15) is 17.5 Å². The Morgan fingerprint density at radius 1 is 1.18 bits per heavy atom. The zero-order chi connectivity index (χ0) is 15.8. The Bertz CT molecular complexity index is 611. The van der Waals surface area contributed by atoms with E-state index >= 15 is 0 Å². The molecule has 0 aliphatic carbocycles. The van der Waals surface area contributed by atoms with Crippen molar-refractivity contribution in [2.75, 3.05) is 12.9 Å². The third-order valence-electron chi connectivity index (χ3n) is 3.24. The van der Waals surface area contributed by atoms with Gasteiger partial charge in [0.2, 0.25) is 5.91 Å². The van der Waals surface area contributed by atoms with Crippen LogP contribution in [0.3, 0.4) is 0 Å². The van der Waals surface area contributed by atoms with E-state index in [9.17, 15) is 4.79 Å². The van der Waals surface area contributed by atoms with Crippen molar-refractivity contribution in [2.45, 2.75) is 24.8 Å². The molecule has 0 saturated carbocycles. The summed E-state index contributed by atoms with van der Waals surface area (Å²) in [5, 5.41) is 2.94. The number of nitrogens with one attached hydrogen (secondary N) is 1. The minimum absolute atomic E-state index is 0.0717. The summed E-state index contributed by atoms with van der Waals surface area (Å²) >= 11 is 1.70. The molecule has 3 nitrogen and oxygen atoms in total. The standard InChI is InChI=1S/C18H21NO2S/c1-14-6-8-17(9-7-14)22-11-10-18(20)19-13-15-4-3-5-16(12-15)21-2/h3-9,12H,10-11,13H2,1-2H3,(H,19,20). The molecule has 2 rings (SSSR count). The van der Waals surface area contributed by atoms with Crippen molar-refractivity contribution in [3.8, 4) is 5.75 Å². The largest absolute Gasteiger partial charge is 0.497 e. The number of hydrogen-bond donors (Lipinski definition) is 1. The highest BCUT2D eigenvalue weighted by Crippen LogP contribution is 2.19. The van der Waals surface area contributed by atoms with Gasteiger partial charge in [-0.05, 0) is 36.8 Å². The number of carbonyl (C=O) groups excluding carboxylic acids is 1. The van der Waals surface area contributed by atoms with Gasteiger partial charge in [-0.2, -0.15) is 0 Å². The van der Waals surface area contributed by atoms with Crippen molar-refractivity contribution in [3.05, 3.63) is 59.7 Å². The van der Waals surface area contributed by atoms with E-state index < -0.39 is 0 Å². The van der Waals surface area contributed by atoms with E-state index in [1.54, 1.807) is 18.9 Å². The first-order chi connectivity index (χ1) is 10.7. The number of benzene rings is 2. The third kappa shape index (κ3) is 5.45. The van der Waals surface area contributed by atoms with Crippen molar-refractivity contribution < 1.29 is 9.53 Å². The van der Waals surface area contributed by atoms with Crippen molar-refractivity contribution in [2.24, 2.45) is 0 Å². The second-order valence-corrected chi connectivity index (χ2v) is 6.21. The summed E-state index contributed by atoms with van der Waals surface area (Å²) in [5.74, 6) is 1.66. The van der Waals surface area contributed by atoms with Crippen LogP contribution < -0.4 is 10.1 Å². The van der Waals surface area contributed by atoms with E-state index in [0.717, 1.165) is 17.1 Å². The van der Waals surface area contributed by atoms with Gasteiger partial charge < -0.3 is 10.1 Å². The van der Waals surface area contributed by atoms with Gasteiger partial charge in [0.1, 0.15) is 5.75 Å². The molecule has 0 aromatic heterocycles. The molecular weight excluding hydrogens is 294 g/mol. The van der Waals surface area contributed by atoms with Crippen LogP contribution in [-0.2, 0) is 11.3 Å². The summed E-state index contributed by atoms with van der Waals surface area (Å²) in [6.45, 7) is 2.60. The number of carbonyl (C=O) groups is 1. The molecule has 0 bridgehead atoms. The summed E-state index contributed by atoms with van der Waals surface area (Å²) in [4.78, 5) is 13.1. The van der Waals surface area contributed by atoms with Crippen molar-refractivity contribution in [1.82, 2.24) is 5.32 Å². The Hall–Kier alpha value is -1.94. The molecule has 0 aliphatic rings. The maximum absolute atomic E-state index is 11.9. The zero-order valence-corrected chi connectivity index (χ0v) is 13.8. The lowest BCUT2D eigenvalue weighted by atomic mass is 10.2. The molecule has 0 fully saturated rings. The van der Waals surface area contributed by atoms with E-state index in [0.29, 0.717) is 13.0 Å². The van der Waals surface area contributed by atoms with Crippen LogP contribution in [0.4, 0.5) is 0 Å². The van der Waals surface area contributed by atoms with Crippen LogP contribution in [-0.4, -0.2) is 18.8 Å². The lowest BCUT2D eigenvalue weighted by Crippen LogP contribution is -2.22. The monoisotopic (exact) mass is 315 g/mol. The average Bonchev–Trinajstić information content (AvgIpc) is 2.55. The molecule has 0 unspecified atom stereocenters. The summed E-state index contributed by atoms with van der Waals surface area (Å²) in [7, 11) is 1.64. The van der Waals surface area contributed by atoms with Gasteiger partial charge in [0.05, 0.1) is 7.11 Å². The van der Waals surface area contributed by atoms with E-state index in [1.165, 1.54) is 10.5 Å². The second-order valence-electron chi connectivity index (χ2n) is 5.04. The summed E-state index contributed by atoms with van der Waals surface area (Å²) < 4.78 is 5.17. The number of hydrogen-bond acceptors (Lipinski definition) is 3. The van der Waals surface area contributed by atoms with E-state index in [1.807, 2.05) is 24.3 Å². The summed E-state index contributed by atoms with van der Waals surface area (Å²) in [5.41, 5.74) is 2.29. The van der Waals surface area contributed by atoms with Gasteiger partial charge in [0, 0.05) is 23.6 Å². The number of methoxy groups -OCH3 is 1. The zero-order valence-electron chi connectivity index (χ0n) is 13.0. The van der Waals surface area contributed by atoms with E-state index in [-0.39, 0.29) is 5.91 Å². The highest BCUT2D eigenvalue weighted by Gasteiger charge is 2.03. The number of aryl methyl sites for hydroxylation is 1. The molecule has 2 aromatic carbocycles. The highest BCUT2D eigenvalue weighted by atomic mass is 32.2. The van der Waals surface area contributed by atoms with Gasteiger partial charge in [0.25, 0.3) is 0 Å². The van der Waals surface area contributed by atoms with Gasteiger partial charge in [0.15, 0.2) is 0 Å². The molecule has 0 aliphatic heterocycles. The second kappa shape index (κ2) is 8.49. The number of amides is 1. The Morgan fingerprint density at radius 2 is 1.95 bits per heavy atom. The SMILES string of the molecule is COc1cccc(CNC(=O)CCSc2ccc(C)cc2)c1. The van der Waals surface area contributed by atoms with Crippen molar-refractivity contribution in [3.63, 3.8) is 0 Å². The predicted octanol–water partition coefficient (Wildman–Crippen LogP) is 3.80. The lowest BCUT2D eigenvalue weighted by Gasteiger charge is -2.07. The van der Waals surface area contributed by atoms with Crippen molar-refractivity contribution in [1.29, 1.82) is 0 Å². The lowest BCUT2D eigenvalue weighted by molar-refractivity contribution is -0.120. The molecule has 116 valence electrons. The fourth-order valence-corrected chi connectivity index (χ4v) is 2.82. The molecule has 4 heteroatoms. The Balaban J connectivity index is 1.70. The number of thioether (sulfide) groups is 1. The van der Waals surface area contributed by atoms with Gasteiger partial charge in [-0.1, -0.05) is 29.8 Å². The summed E-state index contributed by atoms with van der Waals surface area (Å²) in [6.07, 6.45) is 0.516. The Morgan fingerprint density at radius 3 is 2.68 bits per heavy atom. The maximum atomic E-state index is 11.9. The number of ether oxygens (including phenoxy) is 1. The molecule has 1 N–H and O–H groups in total. The first kappa shape index (κ1) is 16.4. The molecule has 0 atom stereocenters. The van der Waals surface area contributed by atoms with Crippen molar-refractivity contribution >= 4 is 17.7 Å². The first-order valence-electron chi connectivity index (χ1n) is 7.26. The molecular formula is C18H21NO2S. The smallest absolute Gasteiger partial charge is 0.221 e. The molecule has 0 saturated heterocycles. The minimum atomic E-state index is 0.0717. The average molecular weight is 315 g/mol. The van der Waals surface area contributed by atoms with Crippen LogP contribution in [0.5, 0.6) is 5.75 Å². The quantitative estimate of drug-likeness (QED) is 0.790. The molecule has 0 spiro atoms. The fourth-order valence-electron chi connectivity index (χ4n) is 1.97. The molecule has 0 heterocycles. The number of rotatable bonds is 7. The van der Waals surface area contributed by atoms with Gasteiger partial charge in [-0.3, -0.25) is 4.79 Å². The predicted molar refractivity (Wildman–Crippen MR) is 91.4 cm³/mol. The third-order valence-corrected chi connectivity index (χ3v) is 4.26. The normalized spacial score (nSPS) is 10.3. The van der Waals surface area contributed by atoms with Gasteiger partial charge in [-0.25, -0.2) is 0 Å². The first-order valence-corrected chi connectivity index (χ1v) is 8.25. The van der Waals surface area contributed by atoms with Crippen LogP contribution in [0, 0.1) is 6.92 Å². The highest BCUT2D eigenvalue weighted by molar-refractivity contribution is 7.99. The van der Waals surface area contributed by atoms with E-state index in [4.69, 9.17) is 4.74 Å². The van der Waals surface area contributed by atoms with Crippen LogP contribution in [0.25, 0.3) is 0 Å². The molecule has 22 heavy (non-hydrogen) atoms. The summed E-state index contributed by atoms with van der Waals surface area (Å²) in [6, 6.07) is 16.1. The fraction of sp³-hybridized carbons (Fsp3) is 0.278. The van der Waals surface area contributed by atoms with Crippen LogP contribution in [0.15, 0.2) is 53.4 Å². The molecule has 2 aromatic rings. The topological polar surface area (TPSA) is 38.3 Å². The maximum Gasteiger partial charge on any atom is 0.221 e. The Kier molecular flexibility index (Phi) is 6.34.